The number of halogens is 3. The van der Waals surface area contributed by atoms with Gasteiger partial charge in [0, 0.05) is 6.42 Å². The van der Waals surface area contributed by atoms with Crippen LogP contribution in [0.4, 0.5) is 18.0 Å². The average Bonchev–Trinajstić information content (AvgIpc) is 2.64. The van der Waals surface area contributed by atoms with E-state index in [1.807, 2.05) is 5.32 Å². The quantitative estimate of drug-likeness (QED) is 0.685. The Balaban J connectivity index is 2.05. The van der Waals surface area contributed by atoms with Gasteiger partial charge in [-0.15, -0.1) is 0 Å². The second-order valence-electron chi connectivity index (χ2n) is 5.92. The van der Waals surface area contributed by atoms with Crippen molar-refractivity contribution < 1.29 is 37.0 Å². The molecule has 2 unspecified atom stereocenters. The summed E-state index contributed by atoms with van der Waals surface area (Å²) in [7, 11) is 1.42. The fourth-order valence-corrected chi connectivity index (χ4v) is 2.56. The lowest BCUT2D eigenvalue weighted by molar-refractivity contribution is -0.157. The summed E-state index contributed by atoms with van der Waals surface area (Å²) < 4.78 is 53.9. The van der Waals surface area contributed by atoms with Gasteiger partial charge < -0.3 is 24.8 Å². The summed E-state index contributed by atoms with van der Waals surface area (Å²) in [5, 5.41) is 4.29. The molecule has 1 heterocycles. The zero-order valence-corrected chi connectivity index (χ0v) is 15.3. The second kappa shape index (κ2) is 9.34. The first-order valence-electron chi connectivity index (χ1n) is 8.51. The summed E-state index contributed by atoms with van der Waals surface area (Å²) >= 11 is 0. The number of hydrogen-bond acceptors (Lipinski definition) is 5. The molecule has 1 aliphatic rings. The molecule has 28 heavy (non-hydrogen) atoms. The van der Waals surface area contributed by atoms with E-state index in [2.05, 4.69) is 5.32 Å². The molecule has 1 aromatic carbocycles. The molecule has 7 nitrogen and oxygen atoms in total. The van der Waals surface area contributed by atoms with Crippen molar-refractivity contribution >= 4 is 18.1 Å². The number of carbonyl (C=O) groups is 2. The average molecular weight is 402 g/mol. The molecule has 2 N–H and O–H groups in total. The summed E-state index contributed by atoms with van der Waals surface area (Å²) in [6.45, 7) is 1.64. The number of urea groups is 1. The van der Waals surface area contributed by atoms with Crippen molar-refractivity contribution in [2.75, 3.05) is 20.3 Å². The van der Waals surface area contributed by atoms with Crippen LogP contribution in [0, 0.1) is 0 Å². The van der Waals surface area contributed by atoms with Gasteiger partial charge in [-0.1, -0.05) is 18.2 Å². The van der Waals surface area contributed by atoms with E-state index >= 15 is 0 Å². The number of nitrogens with one attached hydrogen (secondary N) is 2. The summed E-state index contributed by atoms with van der Waals surface area (Å²) in [5.74, 6) is 0.142. The van der Waals surface area contributed by atoms with E-state index in [0.29, 0.717) is 17.1 Å². The molecule has 2 atom stereocenters. The van der Waals surface area contributed by atoms with Gasteiger partial charge in [-0.05, 0) is 24.6 Å². The van der Waals surface area contributed by atoms with Gasteiger partial charge in [0.25, 0.3) is 0 Å². The van der Waals surface area contributed by atoms with Crippen LogP contribution in [0.25, 0.3) is 6.08 Å². The Bertz CT molecular complexity index is 736. The Morgan fingerprint density at radius 3 is 2.68 bits per heavy atom. The molecule has 2 rings (SSSR count). The van der Waals surface area contributed by atoms with Gasteiger partial charge in [0.1, 0.15) is 6.04 Å². The predicted octanol–water partition coefficient (Wildman–Crippen LogP) is 2.65. The predicted molar refractivity (Wildman–Crippen MR) is 94.1 cm³/mol. The lowest BCUT2D eigenvalue weighted by atomic mass is 10.0. The smallest absolute Gasteiger partial charge is 0.408 e. The number of benzene rings is 1. The van der Waals surface area contributed by atoms with Gasteiger partial charge in [0.15, 0.2) is 18.1 Å². The lowest BCUT2D eigenvalue weighted by Crippen LogP contribution is -2.58. The number of ether oxygens (including phenoxy) is 3. The number of hydrogen-bond donors (Lipinski definition) is 2. The van der Waals surface area contributed by atoms with Crippen LogP contribution in [0.1, 0.15) is 18.9 Å². The van der Waals surface area contributed by atoms with Crippen molar-refractivity contribution in [3.05, 3.63) is 29.8 Å². The molecule has 0 bridgehead atoms. The third-order valence-electron chi connectivity index (χ3n) is 3.87. The number of rotatable bonds is 7. The van der Waals surface area contributed by atoms with Crippen LogP contribution in [-0.2, 0) is 9.53 Å². The molecule has 0 aliphatic carbocycles. The molecule has 0 aromatic heterocycles. The van der Waals surface area contributed by atoms with E-state index in [1.165, 1.54) is 13.2 Å². The third-order valence-corrected chi connectivity index (χ3v) is 3.87. The minimum Gasteiger partial charge on any atom is -0.493 e. The van der Waals surface area contributed by atoms with Crippen molar-refractivity contribution in [1.29, 1.82) is 0 Å². The number of amides is 2. The maximum Gasteiger partial charge on any atom is 0.408 e. The highest BCUT2D eigenvalue weighted by Crippen LogP contribution is 2.29. The molecule has 0 spiro atoms. The normalized spacial score (nSPS) is 19.7. The fraction of sp³-hybridized carbons (Fsp3) is 0.444. The topological polar surface area (TPSA) is 85.9 Å². The van der Waals surface area contributed by atoms with Gasteiger partial charge in [0.2, 0.25) is 0 Å². The molecular weight excluding hydrogens is 381 g/mol. The van der Waals surface area contributed by atoms with Gasteiger partial charge in [0.05, 0.1) is 19.8 Å². The van der Waals surface area contributed by atoms with Crippen LogP contribution in [0.5, 0.6) is 11.5 Å². The van der Waals surface area contributed by atoms with Crippen LogP contribution in [0.2, 0.25) is 0 Å². The van der Waals surface area contributed by atoms with Gasteiger partial charge in [-0.3, -0.25) is 0 Å². The van der Waals surface area contributed by atoms with Crippen molar-refractivity contribution in [2.24, 2.45) is 0 Å². The summed E-state index contributed by atoms with van der Waals surface area (Å²) in [6, 6.07) is 1.26. The van der Waals surface area contributed by atoms with Crippen LogP contribution >= 0.6 is 0 Å². The molecule has 1 aliphatic heterocycles. The summed E-state index contributed by atoms with van der Waals surface area (Å²) in [4.78, 5) is 22.8. The van der Waals surface area contributed by atoms with Crippen molar-refractivity contribution in [3.63, 3.8) is 0 Å². The molecule has 0 saturated carbocycles. The standard InChI is InChI=1S/C18H21F3N2O5/c1-3-27-16(24)10-28-13-7-5-11(8-14(13)26-2)4-6-12-9-15(18(19,20)21)23-17(25)22-12/h4-8,12,15H,3,9-10H2,1-2H3,(H2,22,23,25)/b6-4+. The van der Waals surface area contributed by atoms with Gasteiger partial charge in [-0.2, -0.15) is 13.2 Å². The minimum atomic E-state index is -4.51. The Labute approximate surface area is 159 Å². The van der Waals surface area contributed by atoms with Crippen LogP contribution in [0.15, 0.2) is 24.3 Å². The fourth-order valence-electron chi connectivity index (χ4n) is 2.56. The monoisotopic (exact) mass is 402 g/mol. The van der Waals surface area contributed by atoms with Gasteiger partial charge in [-0.25, -0.2) is 9.59 Å². The van der Waals surface area contributed by atoms with Crippen molar-refractivity contribution in [2.45, 2.75) is 31.6 Å². The van der Waals surface area contributed by atoms with Crippen molar-refractivity contribution in [1.82, 2.24) is 10.6 Å². The highest BCUT2D eigenvalue weighted by atomic mass is 19.4. The molecule has 1 fully saturated rings. The van der Waals surface area contributed by atoms with Crippen LogP contribution in [0.3, 0.4) is 0 Å². The minimum absolute atomic E-state index is 0.242. The highest BCUT2D eigenvalue weighted by molar-refractivity contribution is 5.76. The van der Waals surface area contributed by atoms with E-state index in [4.69, 9.17) is 14.2 Å². The first-order chi connectivity index (χ1) is 13.2. The van der Waals surface area contributed by atoms with Crippen LogP contribution in [-0.4, -0.2) is 50.6 Å². The van der Waals surface area contributed by atoms with E-state index in [-0.39, 0.29) is 19.6 Å². The van der Waals surface area contributed by atoms with Gasteiger partial charge >= 0.3 is 18.2 Å². The maximum atomic E-state index is 12.8. The number of carbonyl (C=O) groups excluding carboxylic acids is 2. The molecule has 0 radical (unpaired) electrons. The second-order valence-corrected chi connectivity index (χ2v) is 5.92. The first-order valence-corrected chi connectivity index (χ1v) is 8.51. The van der Waals surface area contributed by atoms with E-state index in [0.717, 1.165) is 0 Å². The Morgan fingerprint density at radius 1 is 1.29 bits per heavy atom. The highest BCUT2D eigenvalue weighted by Gasteiger charge is 2.44. The number of alkyl halides is 3. The molecule has 154 valence electrons. The Morgan fingerprint density at radius 2 is 2.04 bits per heavy atom. The zero-order chi connectivity index (χ0) is 20.7. The number of esters is 1. The first kappa shape index (κ1) is 21.4. The van der Waals surface area contributed by atoms with E-state index < -0.39 is 30.3 Å². The molecule has 1 aromatic rings. The number of methoxy groups -OCH3 is 1. The summed E-state index contributed by atoms with van der Waals surface area (Å²) in [5.41, 5.74) is 0.622. The molecular formula is C18H21F3N2O5. The van der Waals surface area contributed by atoms with E-state index in [9.17, 15) is 22.8 Å². The third kappa shape index (κ3) is 6.07. The molecule has 1 saturated heterocycles. The maximum absolute atomic E-state index is 12.8. The Kier molecular flexibility index (Phi) is 7.13. The molecule has 10 heteroatoms. The largest absolute Gasteiger partial charge is 0.493 e. The SMILES string of the molecule is CCOC(=O)COc1ccc(/C=C/C2CC(C(F)(F)F)NC(=O)N2)cc1OC. The van der Waals surface area contributed by atoms with E-state index in [1.54, 1.807) is 31.2 Å². The zero-order valence-electron chi connectivity index (χ0n) is 15.3. The molecule has 2 amide bonds. The summed E-state index contributed by atoms with van der Waals surface area (Å²) in [6.07, 6.45) is -1.78. The Hall–Kier alpha value is -2.91. The van der Waals surface area contributed by atoms with Crippen LogP contribution < -0.4 is 20.1 Å². The lowest BCUT2D eigenvalue weighted by Gasteiger charge is -2.30. The van der Waals surface area contributed by atoms with Crippen molar-refractivity contribution in [3.8, 4) is 11.5 Å².